The van der Waals surface area contributed by atoms with Crippen LogP contribution in [0.15, 0.2) is 46.9 Å². The van der Waals surface area contributed by atoms with Gasteiger partial charge in [0.25, 0.3) is 0 Å². The Morgan fingerprint density at radius 3 is 2.22 bits per heavy atom. The SMILES string of the molecule is Clc1ccc(CC(Cl)c2cc(Cl)cc(Br)c2)cc1. The summed E-state index contributed by atoms with van der Waals surface area (Å²) >= 11 is 21.7. The van der Waals surface area contributed by atoms with Crippen molar-refractivity contribution in [3.63, 3.8) is 0 Å². The summed E-state index contributed by atoms with van der Waals surface area (Å²) in [4.78, 5) is 0. The van der Waals surface area contributed by atoms with Gasteiger partial charge < -0.3 is 0 Å². The summed E-state index contributed by atoms with van der Waals surface area (Å²) in [7, 11) is 0. The first-order valence-corrected chi connectivity index (χ1v) is 7.37. The highest BCUT2D eigenvalue weighted by atomic mass is 79.9. The topological polar surface area (TPSA) is 0 Å². The third-order valence-electron chi connectivity index (χ3n) is 2.57. The molecule has 0 nitrogen and oxygen atoms in total. The third-order valence-corrected chi connectivity index (χ3v) is 3.91. The number of benzene rings is 2. The number of alkyl halides is 1. The lowest BCUT2D eigenvalue weighted by molar-refractivity contribution is 0.919. The average molecular weight is 364 g/mol. The van der Waals surface area contributed by atoms with E-state index in [1.165, 1.54) is 0 Å². The zero-order chi connectivity index (χ0) is 13.1. The molecule has 2 aromatic rings. The van der Waals surface area contributed by atoms with Crippen molar-refractivity contribution in [1.82, 2.24) is 0 Å². The summed E-state index contributed by atoms with van der Waals surface area (Å²) in [5, 5.41) is 1.30. The molecule has 2 aromatic carbocycles. The maximum absolute atomic E-state index is 6.41. The standard InChI is InChI=1S/C14H10BrCl3/c15-11-6-10(7-13(17)8-11)14(18)5-9-1-3-12(16)4-2-9/h1-4,6-8,14H,5H2. The predicted molar refractivity (Wildman–Crippen MR) is 82.9 cm³/mol. The molecule has 94 valence electrons. The molecule has 0 N–H and O–H groups in total. The van der Waals surface area contributed by atoms with Gasteiger partial charge in [0.2, 0.25) is 0 Å². The van der Waals surface area contributed by atoms with E-state index in [2.05, 4.69) is 15.9 Å². The molecule has 0 radical (unpaired) electrons. The molecular weight excluding hydrogens is 354 g/mol. The van der Waals surface area contributed by atoms with Crippen molar-refractivity contribution < 1.29 is 0 Å². The van der Waals surface area contributed by atoms with Crippen molar-refractivity contribution in [2.75, 3.05) is 0 Å². The number of hydrogen-bond donors (Lipinski definition) is 0. The van der Waals surface area contributed by atoms with Crippen LogP contribution in [0.5, 0.6) is 0 Å². The summed E-state index contributed by atoms with van der Waals surface area (Å²) in [6.45, 7) is 0. The van der Waals surface area contributed by atoms with Gasteiger partial charge in [-0.1, -0.05) is 51.3 Å². The van der Waals surface area contributed by atoms with E-state index in [9.17, 15) is 0 Å². The van der Waals surface area contributed by atoms with Gasteiger partial charge in [-0.25, -0.2) is 0 Å². The highest BCUT2D eigenvalue weighted by Gasteiger charge is 2.10. The van der Waals surface area contributed by atoms with Crippen LogP contribution in [-0.4, -0.2) is 0 Å². The summed E-state index contributed by atoms with van der Waals surface area (Å²) in [6.07, 6.45) is 0.742. The molecule has 0 saturated heterocycles. The van der Waals surface area contributed by atoms with Gasteiger partial charge in [0.15, 0.2) is 0 Å². The van der Waals surface area contributed by atoms with Gasteiger partial charge in [-0.05, 0) is 47.9 Å². The largest absolute Gasteiger partial charge is 0.117 e. The van der Waals surface area contributed by atoms with Gasteiger partial charge in [0, 0.05) is 14.5 Å². The van der Waals surface area contributed by atoms with E-state index in [0.29, 0.717) is 5.02 Å². The van der Waals surface area contributed by atoms with Crippen LogP contribution in [0.1, 0.15) is 16.5 Å². The molecule has 4 heteroatoms. The van der Waals surface area contributed by atoms with E-state index in [0.717, 1.165) is 27.0 Å². The zero-order valence-electron chi connectivity index (χ0n) is 9.34. The first kappa shape index (κ1) is 14.2. The summed E-state index contributed by atoms with van der Waals surface area (Å²) in [5.41, 5.74) is 2.15. The molecule has 0 aliphatic rings. The normalized spacial score (nSPS) is 12.4. The molecule has 1 atom stereocenters. The van der Waals surface area contributed by atoms with Gasteiger partial charge in [-0.3, -0.25) is 0 Å². The second kappa shape index (κ2) is 6.29. The summed E-state index contributed by atoms with van der Waals surface area (Å²) in [6, 6.07) is 13.4. The highest BCUT2D eigenvalue weighted by molar-refractivity contribution is 9.10. The highest BCUT2D eigenvalue weighted by Crippen LogP contribution is 2.30. The maximum atomic E-state index is 6.41. The van der Waals surface area contributed by atoms with Crippen molar-refractivity contribution in [1.29, 1.82) is 0 Å². The monoisotopic (exact) mass is 362 g/mol. The Bertz CT molecular complexity index is 517. The van der Waals surface area contributed by atoms with Crippen molar-refractivity contribution >= 4 is 50.7 Å². The van der Waals surface area contributed by atoms with Crippen LogP contribution in [0.2, 0.25) is 10.0 Å². The van der Waals surface area contributed by atoms with Crippen molar-refractivity contribution in [3.8, 4) is 0 Å². The molecule has 0 aliphatic heterocycles. The Balaban J connectivity index is 2.16. The summed E-state index contributed by atoms with van der Waals surface area (Å²) < 4.78 is 0.937. The molecule has 0 amide bonds. The van der Waals surface area contributed by atoms with E-state index >= 15 is 0 Å². The first-order valence-electron chi connectivity index (χ1n) is 5.39. The van der Waals surface area contributed by atoms with E-state index < -0.39 is 0 Å². The van der Waals surface area contributed by atoms with Gasteiger partial charge >= 0.3 is 0 Å². The summed E-state index contributed by atoms with van der Waals surface area (Å²) in [5.74, 6) is 0. The fraction of sp³-hybridized carbons (Fsp3) is 0.143. The van der Waals surface area contributed by atoms with Crippen LogP contribution in [0.3, 0.4) is 0 Å². The number of hydrogen-bond acceptors (Lipinski definition) is 0. The Morgan fingerprint density at radius 1 is 0.944 bits per heavy atom. The molecule has 18 heavy (non-hydrogen) atoms. The van der Waals surface area contributed by atoms with Crippen LogP contribution in [0.4, 0.5) is 0 Å². The fourth-order valence-corrected chi connectivity index (χ4v) is 3.02. The quantitative estimate of drug-likeness (QED) is 0.562. The minimum atomic E-state index is -0.110. The van der Waals surface area contributed by atoms with Crippen LogP contribution in [0, 0.1) is 0 Å². The predicted octanol–water partition coefficient (Wildman–Crippen LogP) is 6.28. The van der Waals surface area contributed by atoms with Crippen molar-refractivity contribution in [3.05, 3.63) is 68.1 Å². The second-order valence-corrected chi connectivity index (χ2v) is 6.32. The Labute approximate surface area is 130 Å². The fourth-order valence-electron chi connectivity index (χ4n) is 1.70. The maximum Gasteiger partial charge on any atom is 0.0626 e. The first-order chi connectivity index (χ1) is 8.54. The van der Waals surface area contributed by atoms with Crippen LogP contribution in [0.25, 0.3) is 0 Å². The third kappa shape index (κ3) is 3.89. The van der Waals surface area contributed by atoms with E-state index in [4.69, 9.17) is 34.8 Å². The molecule has 2 rings (SSSR count). The van der Waals surface area contributed by atoms with E-state index in [1.807, 2.05) is 42.5 Å². The Kier molecular flexibility index (Phi) is 4.97. The average Bonchev–Trinajstić information content (AvgIpc) is 2.31. The molecule has 0 aliphatic carbocycles. The minimum Gasteiger partial charge on any atom is -0.117 e. The molecule has 0 spiro atoms. The molecule has 0 bridgehead atoms. The second-order valence-electron chi connectivity index (χ2n) is 4.00. The lowest BCUT2D eigenvalue weighted by Gasteiger charge is -2.11. The molecule has 0 heterocycles. The van der Waals surface area contributed by atoms with Crippen LogP contribution < -0.4 is 0 Å². The number of rotatable bonds is 3. The Morgan fingerprint density at radius 2 is 1.61 bits per heavy atom. The minimum absolute atomic E-state index is 0.110. The molecule has 0 fully saturated rings. The molecular formula is C14H10BrCl3. The van der Waals surface area contributed by atoms with Crippen molar-refractivity contribution in [2.45, 2.75) is 11.8 Å². The van der Waals surface area contributed by atoms with Crippen LogP contribution in [-0.2, 0) is 6.42 Å². The smallest absolute Gasteiger partial charge is 0.0626 e. The lowest BCUT2D eigenvalue weighted by atomic mass is 10.0. The van der Waals surface area contributed by atoms with Gasteiger partial charge in [-0.15, -0.1) is 11.6 Å². The lowest BCUT2D eigenvalue weighted by Crippen LogP contribution is -1.96. The van der Waals surface area contributed by atoms with Gasteiger partial charge in [-0.2, -0.15) is 0 Å². The Hall–Kier alpha value is -0.210. The number of halogens is 4. The van der Waals surface area contributed by atoms with Gasteiger partial charge in [0.1, 0.15) is 0 Å². The molecule has 0 saturated carbocycles. The van der Waals surface area contributed by atoms with E-state index in [-0.39, 0.29) is 5.38 Å². The van der Waals surface area contributed by atoms with Gasteiger partial charge in [0.05, 0.1) is 5.38 Å². The van der Waals surface area contributed by atoms with Crippen LogP contribution >= 0.6 is 50.7 Å². The van der Waals surface area contributed by atoms with Crippen molar-refractivity contribution in [2.24, 2.45) is 0 Å². The van der Waals surface area contributed by atoms with E-state index in [1.54, 1.807) is 0 Å². The molecule has 1 unspecified atom stereocenters. The zero-order valence-corrected chi connectivity index (χ0v) is 13.2. The molecule has 0 aromatic heterocycles.